The zero-order chi connectivity index (χ0) is 16.6. The fraction of sp³-hybridized carbons (Fsp3) is 0.833. The molecule has 1 saturated heterocycles. The van der Waals surface area contributed by atoms with Crippen LogP contribution in [0.15, 0.2) is 17.2 Å². The van der Waals surface area contributed by atoms with Gasteiger partial charge in [-0.05, 0) is 44.4 Å². The van der Waals surface area contributed by atoms with Crippen LogP contribution in [0.2, 0.25) is 0 Å². The molecule has 0 unspecified atom stereocenters. The fourth-order valence-electron chi connectivity index (χ4n) is 4.49. The van der Waals surface area contributed by atoms with Crippen LogP contribution >= 0.6 is 0 Å². The lowest BCUT2D eigenvalue weighted by molar-refractivity contribution is -0.102. The first kappa shape index (κ1) is 16.4. The smallest absolute Gasteiger partial charge is 0.325 e. The minimum atomic E-state index is -0.0264. The lowest BCUT2D eigenvalue weighted by Gasteiger charge is -2.43. The number of hydrogen-bond donors (Lipinski definition) is 1. The highest BCUT2D eigenvalue weighted by Crippen LogP contribution is 2.43. The van der Waals surface area contributed by atoms with Crippen LogP contribution in [0.25, 0.3) is 0 Å². The van der Waals surface area contributed by atoms with E-state index in [4.69, 9.17) is 9.47 Å². The van der Waals surface area contributed by atoms with Crippen LogP contribution in [0.1, 0.15) is 38.5 Å². The molecule has 3 aliphatic rings. The van der Waals surface area contributed by atoms with Gasteiger partial charge in [-0.25, -0.2) is 4.79 Å². The third-order valence-corrected chi connectivity index (χ3v) is 6.27. The average molecular weight is 335 g/mol. The fourth-order valence-corrected chi connectivity index (χ4v) is 4.49. The van der Waals surface area contributed by atoms with Crippen LogP contribution < -0.4 is 5.69 Å². The lowest BCUT2D eigenvalue weighted by Crippen LogP contribution is -2.52. The van der Waals surface area contributed by atoms with Gasteiger partial charge in [0.05, 0.1) is 11.7 Å². The number of rotatable bonds is 7. The Hall–Kier alpha value is -1.11. The van der Waals surface area contributed by atoms with Crippen LogP contribution in [0.3, 0.4) is 0 Å². The van der Waals surface area contributed by atoms with E-state index in [1.165, 1.54) is 12.8 Å². The molecule has 2 heterocycles. The third kappa shape index (κ3) is 3.19. The Bertz CT molecular complexity index is 609. The number of likely N-dealkylation sites (tertiary alicyclic amines) is 1. The summed E-state index contributed by atoms with van der Waals surface area (Å²) in [6.07, 6.45) is 10.9. The highest BCUT2D eigenvalue weighted by molar-refractivity contribution is 5.05. The summed E-state index contributed by atoms with van der Waals surface area (Å²) >= 11 is 0. The van der Waals surface area contributed by atoms with E-state index in [9.17, 15) is 4.79 Å². The molecule has 0 amide bonds. The van der Waals surface area contributed by atoms with Crippen molar-refractivity contribution in [1.29, 1.82) is 0 Å². The molecule has 6 heteroatoms. The quantitative estimate of drug-likeness (QED) is 0.822. The number of nitrogens with one attached hydrogen (secondary N) is 1. The van der Waals surface area contributed by atoms with E-state index in [0.717, 1.165) is 57.8 Å². The summed E-state index contributed by atoms with van der Waals surface area (Å²) in [4.78, 5) is 16.9. The van der Waals surface area contributed by atoms with Crippen molar-refractivity contribution in [2.75, 3.05) is 26.8 Å². The summed E-state index contributed by atoms with van der Waals surface area (Å²) in [6.45, 7) is 3.61. The van der Waals surface area contributed by atoms with Crippen LogP contribution in [0.4, 0.5) is 0 Å². The highest BCUT2D eigenvalue weighted by Gasteiger charge is 2.51. The average Bonchev–Trinajstić information content (AvgIpc) is 3.24. The van der Waals surface area contributed by atoms with E-state index < -0.39 is 0 Å². The second-order valence-electron chi connectivity index (χ2n) is 7.70. The van der Waals surface area contributed by atoms with Gasteiger partial charge < -0.3 is 14.5 Å². The Morgan fingerprint density at radius 2 is 2.17 bits per heavy atom. The standard InChI is InChI=1S/C18H29N3O3/c1-23-18-5-4-15(24-13-14-2-3-14)12-16(18)20(8-6-18)10-11-21-9-7-19-17(21)22/h7,9,14-16H,2-6,8,10-13H2,1H3,(H,19,22)/t15-,16+,18-/m1/s1. The minimum Gasteiger partial charge on any atom is -0.378 e. The lowest BCUT2D eigenvalue weighted by atomic mass is 9.79. The first-order valence-electron chi connectivity index (χ1n) is 9.35. The Balaban J connectivity index is 1.39. The molecule has 24 heavy (non-hydrogen) atoms. The summed E-state index contributed by atoms with van der Waals surface area (Å²) in [6, 6.07) is 0.412. The van der Waals surface area contributed by atoms with Crippen molar-refractivity contribution in [3.8, 4) is 0 Å². The van der Waals surface area contributed by atoms with Crippen LogP contribution in [0.5, 0.6) is 0 Å². The number of aromatic amines is 1. The maximum Gasteiger partial charge on any atom is 0.325 e. The van der Waals surface area contributed by atoms with Gasteiger partial charge in [0.25, 0.3) is 0 Å². The van der Waals surface area contributed by atoms with E-state index in [-0.39, 0.29) is 11.3 Å². The minimum absolute atomic E-state index is 0.0114. The first-order chi connectivity index (χ1) is 11.7. The van der Waals surface area contributed by atoms with Crippen LogP contribution in [-0.4, -0.2) is 59.0 Å². The second-order valence-corrected chi connectivity index (χ2v) is 7.70. The molecule has 4 rings (SSSR count). The number of aromatic nitrogens is 2. The van der Waals surface area contributed by atoms with Gasteiger partial charge in [-0.1, -0.05) is 0 Å². The number of fused-ring (bicyclic) bond motifs is 1. The predicted octanol–water partition coefficient (Wildman–Crippen LogP) is 1.61. The van der Waals surface area contributed by atoms with Crippen molar-refractivity contribution < 1.29 is 9.47 Å². The van der Waals surface area contributed by atoms with Crippen molar-refractivity contribution in [1.82, 2.24) is 14.5 Å². The molecule has 2 saturated carbocycles. The maximum absolute atomic E-state index is 11.7. The first-order valence-corrected chi connectivity index (χ1v) is 9.35. The molecule has 3 atom stereocenters. The summed E-state index contributed by atoms with van der Waals surface area (Å²) < 4.78 is 13.9. The number of hydrogen-bond acceptors (Lipinski definition) is 4. The molecular formula is C18H29N3O3. The molecule has 0 spiro atoms. The molecule has 1 aromatic rings. The second kappa shape index (κ2) is 6.65. The molecular weight excluding hydrogens is 306 g/mol. The van der Waals surface area contributed by atoms with Crippen LogP contribution in [-0.2, 0) is 16.0 Å². The normalized spacial score (nSPS) is 33.7. The van der Waals surface area contributed by atoms with E-state index in [1.54, 1.807) is 10.8 Å². The zero-order valence-electron chi connectivity index (χ0n) is 14.6. The van der Waals surface area contributed by atoms with Gasteiger partial charge in [0.15, 0.2) is 0 Å². The SMILES string of the molecule is CO[C@@]12CC[C@@H](OCC3CC3)C[C@@H]1N(CCn1cc[nH]c1=O)CC2. The zero-order valence-corrected chi connectivity index (χ0v) is 14.6. The molecule has 3 fully saturated rings. The molecule has 0 aromatic carbocycles. The van der Waals surface area contributed by atoms with E-state index in [2.05, 4.69) is 9.88 Å². The van der Waals surface area contributed by atoms with Gasteiger partial charge in [0, 0.05) is 51.8 Å². The monoisotopic (exact) mass is 335 g/mol. The number of imidazole rings is 1. The third-order valence-electron chi connectivity index (χ3n) is 6.27. The van der Waals surface area contributed by atoms with Gasteiger partial charge in [-0.2, -0.15) is 0 Å². The Kier molecular flexibility index (Phi) is 4.54. The molecule has 1 aliphatic heterocycles. The number of ether oxygens (including phenoxy) is 2. The molecule has 0 bridgehead atoms. The Labute approximate surface area is 143 Å². The summed E-state index contributed by atoms with van der Waals surface area (Å²) in [7, 11) is 1.86. The van der Waals surface area contributed by atoms with Crippen molar-refractivity contribution in [2.45, 2.75) is 62.8 Å². The maximum atomic E-state index is 11.7. The van der Waals surface area contributed by atoms with Crippen molar-refractivity contribution in [3.05, 3.63) is 22.9 Å². The predicted molar refractivity (Wildman–Crippen MR) is 91.1 cm³/mol. The van der Waals surface area contributed by atoms with Gasteiger partial charge >= 0.3 is 5.69 Å². The molecule has 2 aliphatic carbocycles. The highest BCUT2D eigenvalue weighted by atomic mass is 16.5. The van der Waals surface area contributed by atoms with E-state index >= 15 is 0 Å². The topological polar surface area (TPSA) is 59.5 Å². The van der Waals surface area contributed by atoms with Crippen molar-refractivity contribution >= 4 is 0 Å². The Morgan fingerprint density at radius 3 is 2.88 bits per heavy atom. The summed E-state index contributed by atoms with van der Waals surface area (Å²) in [5.74, 6) is 0.819. The van der Waals surface area contributed by atoms with Crippen molar-refractivity contribution in [3.63, 3.8) is 0 Å². The van der Waals surface area contributed by atoms with Gasteiger partial charge in [-0.15, -0.1) is 0 Å². The summed E-state index contributed by atoms with van der Waals surface area (Å²) in [5, 5.41) is 0. The molecule has 134 valence electrons. The van der Waals surface area contributed by atoms with E-state index in [1.807, 2.05) is 13.3 Å². The Morgan fingerprint density at radius 1 is 1.29 bits per heavy atom. The van der Waals surface area contributed by atoms with Gasteiger partial charge in [0.2, 0.25) is 0 Å². The molecule has 0 radical (unpaired) electrons. The van der Waals surface area contributed by atoms with Gasteiger partial charge in [-0.3, -0.25) is 9.47 Å². The number of nitrogens with zero attached hydrogens (tertiary/aromatic N) is 2. The molecule has 6 nitrogen and oxygen atoms in total. The molecule has 1 N–H and O–H groups in total. The van der Waals surface area contributed by atoms with E-state index in [0.29, 0.717) is 12.1 Å². The largest absolute Gasteiger partial charge is 0.378 e. The summed E-state index contributed by atoms with van der Waals surface area (Å²) in [5.41, 5.74) is -0.0378. The molecule has 1 aromatic heterocycles. The van der Waals surface area contributed by atoms with Gasteiger partial charge in [0.1, 0.15) is 0 Å². The van der Waals surface area contributed by atoms with Crippen LogP contribution in [0, 0.1) is 5.92 Å². The number of methoxy groups -OCH3 is 1. The van der Waals surface area contributed by atoms with Crippen molar-refractivity contribution in [2.24, 2.45) is 5.92 Å². The number of H-pyrrole nitrogens is 1.